The van der Waals surface area contributed by atoms with E-state index in [1.54, 1.807) is 11.0 Å². The quantitative estimate of drug-likeness (QED) is 0.571. The zero-order valence-corrected chi connectivity index (χ0v) is 19.0. The fourth-order valence-electron chi connectivity index (χ4n) is 4.17. The first-order valence-corrected chi connectivity index (χ1v) is 12.1. The Morgan fingerprint density at radius 2 is 1.58 bits per heavy atom. The van der Waals surface area contributed by atoms with Crippen LogP contribution < -0.4 is 5.63 Å². The van der Waals surface area contributed by atoms with E-state index >= 15 is 0 Å². The van der Waals surface area contributed by atoms with E-state index in [1.165, 1.54) is 10.6 Å². The predicted molar refractivity (Wildman–Crippen MR) is 118 cm³/mol. The van der Waals surface area contributed by atoms with Crippen LogP contribution in [0.25, 0.3) is 21.9 Å². The van der Waals surface area contributed by atoms with Gasteiger partial charge >= 0.3 is 5.63 Å². The number of sulfonamides is 1. The van der Waals surface area contributed by atoms with Gasteiger partial charge < -0.3 is 13.7 Å². The molecule has 3 aromatic rings. The lowest BCUT2D eigenvalue weighted by molar-refractivity contribution is -0.132. The number of amides is 1. The van der Waals surface area contributed by atoms with Crippen molar-refractivity contribution in [3.8, 4) is 0 Å². The van der Waals surface area contributed by atoms with Crippen LogP contribution in [0, 0.1) is 20.8 Å². The van der Waals surface area contributed by atoms with Gasteiger partial charge in [-0.15, -0.1) is 0 Å². The van der Waals surface area contributed by atoms with Gasteiger partial charge in [-0.05, 0) is 44.4 Å². The van der Waals surface area contributed by atoms with Crippen LogP contribution in [0.3, 0.4) is 0 Å². The molecule has 1 fully saturated rings. The predicted octanol–water partition coefficient (Wildman–Crippen LogP) is 2.50. The van der Waals surface area contributed by atoms with Crippen LogP contribution in [-0.2, 0) is 21.2 Å². The van der Waals surface area contributed by atoms with Crippen molar-refractivity contribution < 1.29 is 22.0 Å². The van der Waals surface area contributed by atoms with E-state index in [1.807, 2.05) is 26.8 Å². The molecule has 0 atom stereocenters. The summed E-state index contributed by atoms with van der Waals surface area (Å²) in [5.41, 5.74) is 3.05. The van der Waals surface area contributed by atoms with Gasteiger partial charge in [-0.25, -0.2) is 13.2 Å². The number of furan rings is 1. The van der Waals surface area contributed by atoms with Crippen LogP contribution in [0.4, 0.5) is 0 Å². The van der Waals surface area contributed by atoms with Crippen LogP contribution in [0.5, 0.6) is 0 Å². The van der Waals surface area contributed by atoms with Gasteiger partial charge in [0.05, 0.1) is 6.26 Å². The molecule has 0 radical (unpaired) electrons. The second kappa shape index (κ2) is 7.80. The Morgan fingerprint density at radius 3 is 2.23 bits per heavy atom. The van der Waals surface area contributed by atoms with E-state index in [0.717, 1.165) is 27.7 Å². The summed E-state index contributed by atoms with van der Waals surface area (Å²) in [4.78, 5) is 26.9. The molecular formula is C22H26N2O6S. The summed E-state index contributed by atoms with van der Waals surface area (Å²) >= 11 is 0. The van der Waals surface area contributed by atoms with Crippen LogP contribution >= 0.6 is 0 Å². The maximum atomic E-state index is 12.6. The van der Waals surface area contributed by atoms with Crippen molar-refractivity contribution in [2.75, 3.05) is 32.4 Å². The van der Waals surface area contributed by atoms with E-state index in [4.69, 9.17) is 8.83 Å². The first-order chi connectivity index (χ1) is 14.6. The number of nitrogens with zero attached hydrogens (tertiary/aromatic N) is 2. The molecule has 0 spiro atoms. The fraction of sp³-hybridized carbons (Fsp3) is 0.455. The topological polar surface area (TPSA) is 101 Å². The molecule has 1 aromatic carbocycles. The number of hydrogen-bond acceptors (Lipinski definition) is 6. The summed E-state index contributed by atoms with van der Waals surface area (Å²) in [5.74, 6) is 0.732. The van der Waals surface area contributed by atoms with Crippen LogP contribution in [-0.4, -0.2) is 56.0 Å². The highest BCUT2D eigenvalue weighted by molar-refractivity contribution is 7.88. The lowest BCUT2D eigenvalue weighted by atomic mass is 10.00. The average Bonchev–Trinajstić information content (AvgIpc) is 2.99. The van der Waals surface area contributed by atoms with Crippen molar-refractivity contribution >= 4 is 37.9 Å². The first-order valence-electron chi connectivity index (χ1n) is 10.2. The van der Waals surface area contributed by atoms with Crippen molar-refractivity contribution in [2.45, 2.75) is 33.6 Å². The number of fused-ring (bicyclic) bond motifs is 2. The van der Waals surface area contributed by atoms with Crippen LogP contribution in [0.15, 0.2) is 25.8 Å². The molecule has 1 saturated heterocycles. The minimum absolute atomic E-state index is 0.0937. The van der Waals surface area contributed by atoms with Crippen molar-refractivity contribution in [3.63, 3.8) is 0 Å². The van der Waals surface area contributed by atoms with Gasteiger partial charge in [0.25, 0.3) is 0 Å². The van der Waals surface area contributed by atoms with Crippen molar-refractivity contribution in [1.82, 2.24) is 9.21 Å². The molecule has 9 heteroatoms. The molecule has 1 amide bonds. The van der Waals surface area contributed by atoms with Gasteiger partial charge in [0.2, 0.25) is 15.9 Å². The van der Waals surface area contributed by atoms with E-state index in [9.17, 15) is 18.0 Å². The Bertz CT molecular complexity index is 1340. The molecule has 3 heterocycles. The van der Waals surface area contributed by atoms with Gasteiger partial charge in [0.15, 0.2) is 0 Å². The molecule has 0 N–H and O–H groups in total. The highest BCUT2D eigenvalue weighted by atomic mass is 32.2. The molecule has 4 rings (SSSR count). The molecule has 8 nitrogen and oxygen atoms in total. The Morgan fingerprint density at radius 1 is 0.968 bits per heavy atom. The lowest BCUT2D eigenvalue weighted by Crippen LogP contribution is -2.50. The summed E-state index contributed by atoms with van der Waals surface area (Å²) < 4.78 is 35.9. The van der Waals surface area contributed by atoms with E-state index < -0.39 is 15.6 Å². The SMILES string of the molecule is Cc1oc2cc3oc(=O)c(CCC(=O)N4CCN(S(C)(=O)=O)CC4)c(C)c3cc2c1C. The fourth-order valence-corrected chi connectivity index (χ4v) is 5.00. The van der Waals surface area contributed by atoms with Crippen LogP contribution in [0.1, 0.15) is 28.9 Å². The molecule has 2 aromatic heterocycles. The molecule has 0 aliphatic carbocycles. The van der Waals surface area contributed by atoms with Gasteiger partial charge in [-0.3, -0.25) is 4.79 Å². The number of carbonyl (C=O) groups is 1. The van der Waals surface area contributed by atoms with Crippen LogP contribution in [0.2, 0.25) is 0 Å². The molecule has 166 valence electrons. The minimum Gasteiger partial charge on any atom is -0.461 e. The third-order valence-corrected chi connectivity index (χ3v) is 7.54. The monoisotopic (exact) mass is 446 g/mol. The van der Waals surface area contributed by atoms with Gasteiger partial charge in [-0.1, -0.05) is 0 Å². The van der Waals surface area contributed by atoms with E-state index in [0.29, 0.717) is 42.9 Å². The first kappa shape index (κ1) is 21.6. The summed E-state index contributed by atoms with van der Waals surface area (Å²) in [7, 11) is -3.24. The van der Waals surface area contributed by atoms with Gasteiger partial charge in [0, 0.05) is 55.0 Å². The lowest BCUT2D eigenvalue weighted by Gasteiger charge is -2.33. The molecule has 0 unspecified atom stereocenters. The molecule has 1 aliphatic rings. The Kier molecular flexibility index (Phi) is 5.43. The zero-order chi connectivity index (χ0) is 22.5. The Balaban J connectivity index is 1.54. The number of hydrogen-bond donors (Lipinski definition) is 0. The second-order valence-corrected chi connectivity index (χ2v) is 10.1. The summed E-state index contributed by atoms with van der Waals surface area (Å²) in [6.07, 6.45) is 1.62. The number of carbonyl (C=O) groups excluding carboxylic acids is 1. The maximum Gasteiger partial charge on any atom is 0.339 e. The summed E-state index contributed by atoms with van der Waals surface area (Å²) in [5, 5.41) is 1.81. The number of rotatable bonds is 4. The second-order valence-electron chi connectivity index (χ2n) is 8.16. The smallest absolute Gasteiger partial charge is 0.339 e. The number of benzene rings is 1. The Hall–Kier alpha value is -2.65. The standard InChI is InChI=1S/C22H26N2O6S/c1-13-15(3)29-19-12-20-18(11-17(13)19)14(2)16(22(26)30-20)5-6-21(25)23-7-9-24(10-8-23)31(4,27)28/h11-12H,5-10H2,1-4H3. The average molecular weight is 447 g/mol. The normalized spacial score (nSPS) is 15.8. The number of aryl methyl sites for hydroxylation is 3. The van der Waals surface area contributed by atoms with Gasteiger partial charge in [-0.2, -0.15) is 4.31 Å². The van der Waals surface area contributed by atoms with E-state index in [-0.39, 0.29) is 18.7 Å². The molecule has 0 saturated carbocycles. The third kappa shape index (κ3) is 3.99. The van der Waals surface area contributed by atoms with E-state index in [2.05, 4.69) is 0 Å². The minimum atomic E-state index is -3.24. The Labute approximate surface area is 180 Å². The van der Waals surface area contributed by atoms with Crippen molar-refractivity contribution in [2.24, 2.45) is 0 Å². The molecule has 1 aliphatic heterocycles. The summed E-state index contributed by atoms with van der Waals surface area (Å²) in [6, 6.07) is 3.72. The zero-order valence-electron chi connectivity index (χ0n) is 18.1. The molecule has 31 heavy (non-hydrogen) atoms. The van der Waals surface area contributed by atoms with Crippen molar-refractivity contribution in [1.29, 1.82) is 0 Å². The highest BCUT2D eigenvalue weighted by Gasteiger charge is 2.26. The third-order valence-electron chi connectivity index (χ3n) is 6.23. The maximum absolute atomic E-state index is 12.6. The molecule has 0 bridgehead atoms. The largest absolute Gasteiger partial charge is 0.461 e. The van der Waals surface area contributed by atoms with Gasteiger partial charge in [0.1, 0.15) is 16.9 Å². The molecular weight excluding hydrogens is 420 g/mol. The number of piperazine rings is 1. The van der Waals surface area contributed by atoms with Crippen molar-refractivity contribution in [3.05, 3.63) is 45.0 Å². The summed E-state index contributed by atoms with van der Waals surface area (Å²) in [6.45, 7) is 7.06. The highest BCUT2D eigenvalue weighted by Crippen LogP contribution is 2.31.